The van der Waals surface area contributed by atoms with Crippen molar-refractivity contribution in [3.8, 4) is 0 Å². The van der Waals surface area contributed by atoms with Crippen molar-refractivity contribution in [3.63, 3.8) is 0 Å². The maximum Gasteiger partial charge on any atom is 0.425 e. The van der Waals surface area contributed by atoms with Gasteiger partial charge in [-0.2, -0.15) is 0 Å². The summed E-state index contributed by atoms with van der Waals surface area (Å²) in [5.41, 5.74) is 0.835. The second kappa shape index (κ2) is 9.51. The minimum atomic E-state index is -0.358. The van der Waals surface area contributed by atoms with Crippen LogP contribution in [0.2, 0.25) is 0 Å². The molecule has 26 heavy (non-hydrogen) atoms. The molecule has 1 aliphatic carbocycles. The van der Waals surface area contributed by atoms with Gasteiger partial charge in [0.25, 0.3) is 0 Å². The molecular weight excluding hydrogens is 348 g/mol. The van der Waals surface area contributed by atoms with Crippen LogP contribution in [0.25, 0.3) is 0 Å². The number of rotatable bonds is 9. The van der Waals surface area contributed by atoms with Gasteiger partial charge in [0, 0.05) is 37.7 Å². The van der Waals surface area contributed by atoms with Crippen molar-refractivity contribution in [2.45, 2.75) is 59.8 Å². The summed E-state index contributed by atoms with van der Waals surface area (Å²) in [5, 5.41) is 0. The highest BCUT2D eigenvalue weighted by Gasteiger charge is 2.41. The van der Waals surface area contributed by atoms with E-state index >= 15 is 0 Å². The summed E-state index contributed by atoms with van der Waals surface area (Å²) >= 11 is 1.45. The lowest BCUT2D eigenvalue weighted by Crippen LogP contribution is -2.30. The van der Waals surface area contributed by atoms with Crippen molar-refractivity contribution in [2.24, 2.45) is 5.41 Å². The Morgan fingerprint density at radius 1 is 1.27 bits per heavy atom. The maximum atomic E-state index is 12.7. The summed E-state index contributed by atoms with van der Waals surface area (Å²) in [6.45, 7) is 10.5. The van der Waals surface area contributed by atoms with Gasteiger partial charge in [0.1, 0.15) is 0 Å². The molecule has 2 rings (SSSR count). The van der Waals surface area contributed by atoms with E-state index in [1.165, 1.54) is 12.1 Å². The molecule has 0 radical (unpaired) electrons. The fourth-order valence-electron chi connectivity index (χ4n) is 3.02. The average molecular weight is 381 g/mol. The summed E-state index contributed by atoms with van der Waals surface area (Å²) in [7, 11) is 1.77. The second-order valence-corrected chi connectivity index (χ2v) is 8.67. The molecule has 0 aromatic rings. The van der Waals surface area contributed by atoms with Crippen LogP contribution in [0.1, 0.15) is 59.8 Å². The van der Waals surface area contributed by atoms with Crippen molar-refractivity contribution in [1.82, 2.24) is 8.61 Å². The lowest BCUT2D eigenvalue weighted by atomic mass is 9.90. The molecule has 0 spiro atoms. The van der Waals surface area contributed by atoms with E-state index in [0.717, 1.165) is 50.8 Å². The number of ether oxygens (including phenoxy) is 2. The van der Waals surface area contributed by atoms with Gasteiger partial charge in [0.05, 0.1) is 6.26 Å². The SMILES string of the molecule is CCCCN(CCCC)SN(C)C(=O)OC1=C2OC=CC=C2CC1(C)C. The molecule has 0 bridgehead atoms. The number of unbranched alkanes of at least 4 members (excludes halogenated alkanes) is 2. The lowest BCUT2D eigenvalue weighted by molar-refractivity contribution is 0.134. The van der Waals surface area contributed by atoms with Gasteiger partial charge in [0.15, 0.2) is 11.5 Å². The van der Waals surface area contributed by atoms with Crippen LogP contribution in [0.15, 0.2) is 35.5 Å². The first-order valence-corrected chi connectivity index (χ1v) is 10.3. The smallest absolute Gasteiger partial charge is 0.425 e. The van der Waals surface area contributed by atoms with E-state index in [2.05, 4.69) is 32.0 Å². The zero-order chi connectivity index (χ0) is 19.2. The Balaban J connectivity index is 2.01. The predicted octanol–water partition coefficient (Wildman–Crippen LogP) is 5.63. The molecule has 0 fully saturated rings. The normalized spacial score (nSPS) is 17.8. The summed E-state index contributed by atoms with van der Waals surface area (Å²) < 4.78 is 15.2. The first-order valence-electron chi connectivity index (χ1n) is 9.55. The van der Waals surface area contributed by atoms with Gasteiger partial charge in [-0.05, 0) is 30.9 Å². The molecule has 1 aliphatic heterocycles. The van der Waals surface area contributed by atoms with Crippen molar-refractivity contribution in [3.05, 3.63) is 35.5 Å². The third-order valence-corrected chi connectivity index (χ3v) is 5.50. The Bertz CT molecular complexity index is 588. The van der Waals surface area contributed by atoms with E-state index in [1.807, 2.05) is 12.2 Å². The number of amides is 1. The molecule has 0 aromatic heterocycles. The van der Waals surface area contributed by atoms with E-state index < -0.39 is 0 Å². The van der Waals surface area contributed by atoms with Crippen LogP contribution in [-0.4, -0.2) is 34.8 Å². The Morgan fingerprint density at radius 2 is 1.92 bits per heavy atom. The molecule has 0 aromatic carbocycles. The molecule has 0 N–H and O–H groups in total. The van der Waals surface area contributed by atoms with Gasteiger partial charge < -0.3 is 9.47 Å². The van der Waals surface area contributed by atoms with Crippen LogP contribution >= 0.6 is 12.1 Å². The standard InChI is InChI=1S/C20H32N2O3S/c1-6-8-12-22(13-9-7-2)26-21(5)19(23)25-18-17-16(11-10-14-24-17)15-20(18,3)4/h10-11,14H,6-9,12-13,15H2,1-5H3. The average Bonchev–Trinajstić information content (AvgIpc) is 2.87. The van der Waals surface area contributed by atoms with Crippen molar-refractivity contribution in [2.75, 3.05) is 20.1 Å². The molecular formula is C20H32N2O3S. The summed E-state index contributed by atoms with van der Waals surface area (Å²) in [4.78, 5) is 12.7. The van der Waals surface area contributed by atoms with E-state index in [1.54, 1.807) is 17.6 Å². The Morgan fingerprint density at radius 3 is 2.54 bits per heavy atom. The van der Waals surface area contributed by atoms with Gasteiger partial charge >= 0.3 is 6.09 Å². The largest absolute Gasteiger partial charge is 0.461 e. The quantitative estimate of drug-likeness (QED) is 0.485. The maximum absolute atomic E-state index is 12.7. The van der Waals surface area contributed by atoms with Crippen LogP contribution in [0, 0.1) is 5.41 Å². The van der Waals surface area contributed by atoms with Crippen LogP contribution in [0.4, 0.5) is 4.79 Å². The highest BCUT2D eigenvalue weighted by atomic mass is 32.2. The number of carbonyl (C=O) groups is 1. The third-order valence-electron chi connectivity index (χ3n) is 4.51. The third kappa shape index (κ3) is 5.30. The zero-order valence-electron chi connectivity index (χ0n) is 16.7. The van der Waals surface area contributed by atoms with Crippen molar-refractivity contribution < 1.29 is 14.3 Å². The minimum absolute atomic E-state index is 0.252. The van der Waals surface area contributed by atoms with Crippen LogP contribution in [-0.2, 0) is 9.47 Å². The highest BCUT2D eigenvalue weighted by Crippen LogP contribution is 2.47. The number of hydrogen-bond acceptors (Lipinski definition) is 5. The van der Waals surface area contributed by atoms with Gasteiger partial charge in [-0.15, -0.1) is 0 Å². The molecule has 1 heterocycles. The first kappa shape index (κ1) is 20.9. The van der Waals surface area contributed by atoms with Gasteiger partial charge in [-0.3, -0.25) is 0 Å². The summed E-state index contributed by atoms with van der Waals surface area (Å²) in [5.74, 6) is 1.32. The molecule has 0 saturated carbocycles. The number of allylic oxidation sites excluding steroid dienone is 4. The summed E-state index contributed by atoms with van der Waals surface area (Å²) in [6, 6.07) is 0. The van der Waals surface area contributed by atoms with Crippen LogP contribution < -0.4 is 0 Å². The molecule has 146 valence electrons. The second-order valence-electron chi connectivity index (χ2n) is 7.44. The number of nitrogens with zero attached hydrogens (tertiary/aromatic N) is 2. The van der Waals surface area contributed by atoms with Crippen LogP contribution in [0.5, 0.6) is 0 Å². The summed E-state index contributed by atoms with van der Waals surface area (Å²) in [6.07, 6.45) is 10.5. The van der Waals surface area contributed by atoms with Crippen LogP contribution in [0.3, 0.4) is 0 Å². The van der Waals surface area contributed by atoms with Gasteiger partial charge in [-0.1, -0.05) is 46.6 Å². The number of hydrogen-bond donors (Lipinski definition) is 0. The molecule has 0 unspecified atom stereocenters. The Hall–Kier alpha value is -1.40. The van der Waals surface area contributed by atoms with Gasteiger partial charge in [-0.25, -0.2) is 13.4 Å². The fourth-order valence-corrected chi connectivity index (χ4v) is 3.89. The van der Waals surface area contributed by atoms with E-state index in [4.69, 9.17) is 9.47 Å². The van der Waals surface area contributed by atoms with E-state index in [0.29, 0.717) is 11.5 Å². The van der Waals surface area contributed by atoms with E-state index in [-0.39, 0.29) is 11.5 Å². The zero-order valence-corrected chi connectivity index (χ0v) is 17.5. The van der Waals surface area contributed by atoms with Gasteiger partial charge in [0.2, 0.25) is 0 Å². The van der Waals surface area contributed by atoms with Crippen molar-refractivity contribution in [1.29, 1.82) is 0 Å². The molecule has 1 amide bonds. The number of carbonyl (C=O) groups excluding carboxylic acids is 1. The molecule has 6 heteroatoms. The highest BCUT2D eigenvalue weighted by molar-refractivity contribution is 7.95. The monoisotopic (exact) mass is 380 g/mol. The molecule has 0 saturated heterocycles. The number of fused-ring (bicyclic) bond motifs is 1. The lowest BCUT2D eigenvalue weighted by Gasteiger charge is -2.27. The Kier molecular flexibility index (Phi) is 7.65. The van der Waals surface area contributed by atoms with Crippen molar-refractivity contribution >= 4 is 18.2 Å². The topological polar surface area (TPSA) is 42.0 Å². The predicted molar refractivity (Wildman–Crippen MR) is 107 cm³/mol. The molecule has 0 atom stereocenters. The Labute approximate surface area is 162 Å². The first-order chi connectivity index (χ1) is 12.4. The fraction of sp³-hybridized carbons (Fsp3) is 0.650. The minimum Gasteiger partial charge on any atom is -0.461 e. The molecule has 5 nitrogen and oxygen atoms in total. The molecule has 2 aliphatic rings. The van der Waals surface area contributed by atoms with E-state index in [9.17, 15) is 4.79 Å².